The van der Waals surface area contributed by atoms with Crippen molar-refractivity contribution in [2.45, 2.75) is 6.54 Å². The molecular weight excluding hydrogens is 260 g/mol. The number of allylic oxidation sites excluding steroid dienone is 1. The number of anilines is 1. The van der Waals surface area contributed by atoms with Crippen LogP contribution in [0.5, 0.6) is 0 Å². The van der Waals surface area contributed by atoms with E-state index < -0.39 is 5.91 Å². The molecule has 2 rings (SSSR count). The fourth-order valence-electron chi connectivity index (χ4n) is 1.72. The van der Waals surface area contributed by atoms with Gasteiger partial charge in [0.05, 0.1) is 5.56 Å². The van der Waals surface area contributed by atoms with E-state index in [4.69, 9.17) is 11.5 Å². The van der Waals surface area contributed by atoms with Crippen molar-refractivity contribution < 1.29 is 9.59 Å². The minimum Gasteiger partial charge on any atom is -0.369 e. The van der Waals surface area contributed by atoms with Gasteiger partial charge in [0.1, 0.15) is 5.52 Å². The monoisotopic (exact) mass is 274 g/mol. The maximum Gasteiger partial charge on any atom is 0.250 e. The number of aromatic nitrogens is 3. The third-order valence-electron chi connectivity index (χ3n) is 2.67. The van der Waals surface area contributed by atoms with Crippen LogP contribution >= 0.6 is 0 Å². The van der Waals surface area contributed by atoms with Gasteiger partial charge in [0.15, 0.2) is 5.65 Å². The molecule has 5 N–H and O–H groups in total. The van der Waals surface area contributed by atoms with Crippen molar-refractivity contribution >= 4 is 29.4 Å². The van der Waals surface area contributed by atoms with E-state index in [0.717, 1.165) is 0 Å². The molecule has 0 aliphatic carbocycles. The van der Waals surface area contributed by atoms with Crippen LogP contribution in [-0.4, -0.2) is 33.4 Å². The molecule has 0 saturated heterocycles. The predicted molar refractivity (Wildman–Crippen MR) is 73.7 cm³/mol. The summed E-state index contributed by atoms with van der Waals surface area (Å²) in [4.78, 5) is 29.5. The number of nitrogens with two attached hydrogens (primary N) is 2. The molecule has 8 heteroatoms. The van der Waals surface area contributed by atoms with Gasteiger partial charge in [-0.05, 0) is 6.07 Å². The Kier molecular flexibility index (Phi) is 3.94. The number of hydrogen-bond donors (Lipinski definition) is 3. The molecule has 8 nitrogen and oxygen atoms in total. The van der Waals surface area contributed by atoms with Crippen molar-refractivity contribution in [1.82, 2.24) is 19.9 Å². The largest absolute Gasteiger partial charge is 0.369 e. The smallest absolute Gasteiger partial charge is 0.250 e. The average molecular weight is 274 g/mol. The number of nitrogen functional groups attached to an aromatic ring is 1. The van der Waals surface area contributed by atoms with Crippen molar-refractivity contribution in [1.29, 1.82) is 0 Å². The third kappa shape index (κ3) is 2.74. The number of nitrogens with one attached hydrogen (secondary N) is 1. The summed E-state index contributed by atoms with van der Waals surface area (Å²) in [6.45, 7) is 0.904. The number of hydrogen-bond acceptors (Lipinski definition) is 5. The first-order valence-corrected chi connectivity index (χ1v) is 5.87. The van der Waals surface area contributed by atoms with Crippen LogP contribution in [0, 0.1) is 0 Å². The first-order valence-electron chi connectivity index (χ1n) is 5.87. The molecular formula is C12H14N6O2. The molecule has 0 saturated carbocycles. The van der Waals surface area contributed by atoms with Gasteiger partial charge in [0.25, 0.3) is 0 Å². The third-order valence-corrected chi connectivity index (χ3v) is 2.67. The zero-order valence-corrected chi connectivity index (χ0v) is 10.6. The maximum absolute atomic E-state index is 11.1. The SMILES string of the molecule is NC(=O)c1cnc2c(c1)nc(N)n2C/C=C/CNC=O. The van der Waals surface area contributed by atoms with Gasteiger partial charge in [-0.25, -0.2) is 9.97 Å². The molecule has 2 heterocycles. The Morgan fingerprint density at radius 2 is 2.25 bits per heavy atom. The Hall–Kier alpha value is -2.90. The van der Waals surface area contributed by atoms with E-state index in [0.29, 0.717) is 36.6 Å². The Morgan fingerprint density at radius 3 is 2.95 bits per heavy atom. The van der Waals surface area contributed by atoms with Gasteiger partial charge < -0.3 is 16.8 Å². The number of pyridine rings is 1. The second kappa shape index (κ2) is 5.83. The van der Waals surface area contributed by atoms with E-state index in [9.17, 15) is 9.59 Å². The van der Waals surface area contributed by atoms with Crippen molar-refractivity contribution in [2.75, 3.05) is 12.3 Å². The standard InChI is InChI=1S/C12H14N6O2/c13-10(20)8-5-9-11(16-6-8)18(12(14)17-9)4-2-1-3-15-7-19/h1-2,5-7H,3-4H2,(H2,13,20)(H2,14,17)(H,15,19)/b2-1+. The summed E-state index contributed by atoms with van der Waals surface area (Å²) in [6, 6.07) is 1.55. The number of imidazole rings is 1. The minimum atomic E-state index is -0.563. The zero-order chi connectivity index (χ0) is 14.5. The average Bonchev–Trinajstić information content (AvgIpc) is 2.73. The van der Waals surface area contributed by atoms with Crippen LogP contribution < -0.4 is 16.8 Å². The molecule has 0 aromatic carbocycles. The van der Waals surface area contributed by atoms with Crippen molar-refractivity contribution in [2.24, 2.45) is 5.73 Å². The highest BCUT2D eigenvalue weighted by molar-refractivity contribution is 5.95. The molecule has 0 unspecified atom stereocenters. The Balaban J connectivity index is 2.25. The lowest BCUT2D eigenvalue weighted by atomic mass is 10.2. The molecule has 0 aliphatic heterocycles. The fourth-order valence-corrected chi connectivity index (χ4v) is 1.72. The van der Waals surface area contributed by atoms with Gasteiger partial charge in [0.2, 0.25) is 18.3 Å². The molecule has 2 aromatic heterocycles. The van der Waals surface area contributed by atoms with E-state index in [2.05, 4.69) is 15.3 Å². The van der Waals surface area contributed by atoms with E-state index in [-0.39, 0.29) is 5.56 Å². The molecule has 0 fully saturated rings. The van der Waals surface area contributed by atoms with E-state index >= 15 is 0 Å². The predicted octanol–water partition coefficient (Wildman–Crippen LogP) is -0.585. The number of carbonyl (C=O) groups is 2. The highest BCUT2D eigenvalue weighted by Crippen LogP contribution is 2.16. The summed E-state index contributed by atoms with van der Waals surface area (Å²) >= 11 is 0. The summed E-state index contributed by atoms with van der Waals surface area (Å²) in [5.74, 6) is -0.269. The van der Waals surface area contributed by atoms with Gasteiger partial charge >= 0.3 is 0 Å². The Morgan fingerprint density at radius 1 is 1.45 bits per heavy atom. The highest BCUT2D eigenvalue weighted by atomic mass is 16.1. The number of fused-ring (bicyclic) bond motifs is 1. The van der Waals surface area contributed by atoms with Gasteiger partial charge in [-0.2, -0.15) is 0 Å². The molecule has 2 amide bonds. The normalized spacial score (nSPS) is 11.0. The molecule has 0 bridgehead atoms. The number of amides is 2. The van der Waals surface area contributed by atoms with Crippen molar-refractivity contribution in [3.8, 4) is 0 Å². The van der Waals surface area contributed by atoms with Gasteiger partial charge in [-0.3, -0.25) is 14.2 Å². The molecule has 2 aromatic rings. The quantitative estimate of drug-likeness (QED) is 0.368. The second-order valence-electron chi connectivity index (χ2n) is 4.01. The number of rotatable bonds is 6. The van der Waals surface area contributed by atoms with Crippen LogP contribution in [0.15, 0.2) is 24.4 Å². The van der Waals surface area contributed by atoms with Crippen LogP contribution in [0.25, 0.3) is 11.2 Å². The van der Waals surface area contributed by atoms with E-state index in [1.54, 1.807) is 16.7 Å². The van der Waals surface area contributed by atoms with Gasteiger partial charge in [0, 0.05) is 19.3 Å². The Labute approximate surface area is 114 Å². The lowest BCUT2D eigenvalue weighted by Gasteiger charge is -2.01. The summed E-state index contributed by atoms with van der Waals surface area (Å²) in [7, 11) is 0. The van der Waals surface area contributed by atoms with Gasteiger partial charge in [-0.15, -0.1) is 0 Å². The fraction of sp³-hybridized carbons (Fsp3) is 0.167. The van der Waals surface area contributed by atoms with E-state index in [1.807, 2.05) is 6.08 Å². The van der Waals surface area contributed by atoms with Gasteiger partial charge in [-0.1, -0.05) is 12.2 Å². The first-order chi connectivity index (χ1) is 9.63. The van der Waals surface area contributed by atoms with Crippen molar-refractivity contribution in [3.05, 3.63) is 30.0 Å². The molecule has 0 radical (unpaired) electrons. The topological polar surface area (TPSA) is 129 Å². The summed E-state index contributed by atoms with van der Waals surface area (Å²) < 4.78 is 1.69. The van der Waals surface area contributed by atoms with Crippen LogP contribution in [0.2, 0.25) is 0 Å². The Bertz CT molecular complexity index is 676. The summed E-state index contributed by atoms with van der Waals surface area (Å²) in [6.07, 6.45) is 5.63. The van der Waals surface area contributed by atoms with Crippen LogP contribution in [0.1, 0.15) is 10.4 Å². The summed E-state index contributed by atoms with van der Waals surface area (Å²) in [5.41, 5.74) is 12.4. The number of primary amides is 1. The van der Waals surface area contributed by atoms with Crippen LogP contribution in [0.4, 0.5) is 5.95 Å². The first kappa shape index (κ1) is 13.5. The molecule has 20 heavy (non-hydrogen) atoms. The summed E-state index contributed by atoms with van der Waals surface area (Å²) in [5, 5.41) is 2.51. The highest BCUT2D eigenvalue weighted by Gasteiger charge is 2.10. The molecule has 104 valence electrons. The molecule has 0 aliphatic rings. The second-order valence-corrected chi connectivity index (χ2v) is 4.01. The number of nitrogens with zero attached hydrogens (tertiary/aromatic N) is 3. The lowest BCUT2D eigenvalue weighted by molar-refractivity contribution is -0.109. The zero-order valence-electron chi connectivity index (χ0n) is 10.6. The molecule has 0 atom stereocenters. The maximum atomic E-state index is 11.1. The molecule has 0 spiro atoms. The lowest BCUT2D eigenvalue weighted by Crippen LogP contribution is -2.11. The van der Waals surface area contributed by atoms with Crippen LogP contribution in [-0.2, 0) is 11.3 Å². The van der Waals surface area contributed by atoms with E-state index in [1.165, 1.54) is 6.20 Å². The van der Waals surface area contributed by atoms with Crippen LogP contribution in [0.3, 0.4) is 0 Å². The minimum absolute atomic E-state index is 0.285. The number of carbonyl (C=O) groups excluding carboxylic acids is 2. The van der Waals surface area contributed by atoms with Crippen molar-refractivity contribution in [3.63, 3.8) is 0 Å².